The average molecular weight is 572 g/mol. The molecule has 1 aliphatic heterocycles. The number of halogens is 1. The maximum Gasteiger partial charge on any atom is 0.254 e. The van der Waals surface area contributed by atoms with Gasteiger partial charge in [-0.25, -0.2) is 4.39 Å². The Morgan fingerprint density at radius 1 is 0.881 bits per heavy atom. The molecule has 0 radical (unpaired) electrons. The molecular weight excluding hydrogens is 537 g/mol. The molecule has 8 nitrogen and oxygen atoms in total. The summed E-state index contributed by atoms with van der Waals surface area (Å²) >= 11 is 0. The van der Waals surface area contributed by atoms with Crippen molar-refractivity contribution in [1.29, 1.82) is 0 Å². The van der Waals surface area contributed by atoms with Gasteiger partial charge in [-0.1, -0.05) is 42.5 Å². The summed E-state index contributed by atoms with van der Waals surface area (Å²) in [6.45, 7) is 2.10. The average Bonchev–Trinajstić information content (AvgIpc) is 3.66. The number of ether oxygens (including phenoxy) is 3. The Balaban J connectivity index is 1.36. The molecule has 3 aromatic carbocycles. The Labute approximate surface area is 244 Å². The summed E-state index contributed by atoms with van der Waals surface area (Å²) in [7, 11) is 1.61. The quantitative estimate of drug-likeness (QED) is 0.209. The highest BCUT2D eigenvalue weighted by Gasteiger charge is 2.25. The van der Waals surface area contributed by atoms with Gasteiger partial charge in [-0.2, -0.15) is 0 Å². The maximum atomic E-state index is 14.0. The Kier molecular flexibility index (Phi) is 9.51. The monoisotopic (exact) mass is 571 g/mol. The molecule has 0 atom stereocenters. The van der Waals surface area contributed by atoms with Crippen LogP contribution in [-0.2, 0) is 29.2 Å². The fourth-order valence-electron chi connectivity index (χ4n) is 4.89. The number of carbonyl (C=O) groups is 2. The van der Waals surface area contributed by atoms with Gasteiger partial charge in [-0.05, 0) is 60.0 Å². The third-order valence-electron chi connectivity index (χ3n) is 7.12. The Morgan fingerprint density at radius 3 is 2.45 bits per heavy atom. The van der Waals surface area contributed by atoms with Crippen molar-refractivity contribution < 1.29 is 28.2 Å². The van der Waals surface area contributed by atoms with Crippen molar-refractivity contribution in [3.05, 3.63) is 119 Å². The summed E-state index contributed by atoms with van der Waals surface area (Å²) in [6, 6.07) is 25.1. The molecular formula is C33H34FN3O5. The van der Waals surface area contributed by atoms with E-state index in [0.29, 0.717) is 56.3 Å². The second kappa shape index (κ2) is 13.8. The van der Waals surface area contributed by atoms with Crippen LogP contribution in [-0.4, -0.2) is 59.8 Å². The van der Waals surface area contributed by atoms with Crippen molar-refractivity contribution in [3.8, 4) is 11.5 Å². The van der Waals surface area contributed by atoms with Crippen LogP contribution in [0.25, 0.3) is 0 Å². The molecule has 0 saturated carbocycles. The van der Waals surface area contributed by atoms with Gasteiger partial charge in [0.1, 0.15) is 12.4 Å². The predicted octanol–water partition coefficient (Wildman–Crippen LogP) is 5.11. The highest BCUT2D eigenvalue weighted by molar-refractivity contribution is 5.97. The summed E-state index contributed by atoms with van der Waals surface area (Å²) in [4.78, 5) is 30.9. The molecule has 0 bridgehead atoms. The molecule has 218 valence electrons. The van der Waals surface area contributed by atoms with Crippen LogP contribution in [0.4, 0.5) is 4.39 Å². The molecule has 0 spiro atoms. The van der Waals surface area contributed by atoms with E-state index in [0.717, 1.165) is 16.8 Å². The molecule has 1 aliphatic rings. The van der Waals surface area contributed by atoms with Crippen LogP contribution < -0.4 is 9.47 Å². The van der Waals surface area contributed by atoms with Gasteiger partial charge in [0.25, 0.3) is 5.91 Å². The summed E-state index contributed by atoms with van der Waals surface area (Å²) in [6.07, 6.45) is 2.53. The number of rotatable bonds is 13. The third kappa shape index (κ3) is 7.36. The first-order valence-electron chi connectivity index (χ1n) is 13.9. The lowest BCUT2D eigenvalue weighted by atomic mass is 10.1. The van der Waals surface area contributed by atoms with Gasteiger partial charge in [-0.3, -0.25) is 9.59 Å². The van der Waals surface area contributed by atoms with Crippen LogP contribution in [0, 0.1) is 5.82 Å². The minimum absolute atomic E-state index is 0.0947. The SMILES string of the molecule is COCCCN(CC(=O)N(Cc1ccccc1)Cc1cccn1Cc1ccc(F)cc1)C(=O)c1ccc2c(c1)OCO2. The second-order valence-electron chi connectivity index (χ2n) is 10.1. The minimum Gasteiger partial charge on any atom is -0.454 e. The molecule has 0 aliphatic carbocycles. The largest absolute Gasteiger partial charge is 0.454 e. The molecule has 9 heteroatoms. The first-order valence-corrected chi connectivity index (χ1v) is 13.9. The number of aromatic nitrogens is 1. The van der Waals surface area contributed by atoms with Crippen molar-refractivity contribution >= 4 is 11.8 Å². The lowest BCUT2D eigenvalue weighted by Gasteiger charge is -2.28. The molecule has 1 aromatic heterocycles. The van der Waals surface area contributed by atoms with Crippen LogP contribution in [0.5, 0.6) is 11.5 Å². The summed E-state index contributed by atoms with van der Waals surface area (Å²) in [5, 5.41) is 0. The number of benzene rings is 3. The number of nitrogens with zero attached hydrogens (tertiary/aromatic N) is 3. The van der Waals surface area contributed by atoms with Crippen LogP contribution in [0.2, 0.25) is 0 Å². The van der Waals surface area contributed by atoms with Gasteiger partial charge >= 0.3 is 0 Å². The molecule has 4 aromatic rings. The zero-order chi connectivity index (χ0) is 29.3. The number of carbonyl (C=O) groups excluding carboxylic acids is 2. The first-order chi connectivity index (χ1) is 20.5. The normalized spacial score (nSPS) is 11.9. The standard InChI is InChI=1S/C33H34FN3O5/c1-40-18-6-17-36(33(39)27-12-15-30-31(19-27)42-24-41-30)23-32(38)37(21-25-7-3-2-4-8-25)22-29-9-5-16-35(29)20-26-10-13-28(34)14-11-26/h2-5,7-16,19H,6,17-18,20-24H2,1H3. The van der Waals surface area contributed by atoms with Crippen molar-refractivity contribution in [2.75, 3.05) is 33.6 Å². The molecule has 0 N–H and O–H groups in total. The van der Waals surface area contributed by atoms with E-state index in [-0.39, 0.29) is 31.0 Å². The van der Waals surface area contributed by atoms with E-state index in [4.69, 9.17) is 14.2 Å². The van der Waals surface area contributed by atoms with Gasteiger partial charge in [0.2, 0.25) is 12.7 Å². The third-order valence-corrected chi connectivity index (χ3v) is 7.12. The van der Waals surface area contributed by atoms with E-state index in [1.54, 1.807) is 47.2 Å². The number of fused-ring (bicyclic) bond motifs is 1. The van der Waals surface area contributed by atoms with E-state index >= 15 is 0 Å². The van der Waals surface area contributed by atoms with Gasteiger partial charge in [-0.15, -0.1) is 0 Å². The zero-order valence-electron chi connectivity index (χ0n) is 23.6. The number of hydrogen-bond donors (Lipinski definition) is 0. The first kappa shape index (κ1) is 28.9. The van der Waals surface area contributed by atoms with E-state index in [1.807, 2.05) is 53.2 Å². The number of methoxy groups -OCH3 is 1. The molecule has 5 rings (SSSR count). The lowest BCUT2D eigenvalue weighted by molar-refractivity contribution is -0.133. The highest BCUT2D eigenvalue weighted by atomic mass is 19.1. The van der Waals surface area contributed by atoms with Crippen LogP contribution in [0.3, 0.4) is 0 Å². The van der Waals surface area contributed by atoms with E-state index in [2.05, 4.69) is 0 Å². The molecule has 0 fully saturated rings. The van der Waals surface area contributed by atoms with Crippen molar-refractivity contribution in [2.24, 2.45) is 0 Å². The Bertz CT molecular complexity index is 1490. The number of hydrogen-bond acceptors (Lipinski definition) is 5. The van der Waals surface area contributed by atoms with Gasteiger partial charge in [0.05, 0.1) is 6.54 Å². The second-order valence-corrected chi connectivity index (χ2v) is 10.1. The summed E-state index contributed by atoms with van der Waals surface area (Å²) in [5.74, 6) is 0.372. The maximum absolute atomic E-state index is 14.0. The fourth-order valence-corrected chi connectivity index (χ4v) is 4.89. The van der Waals surface area contributed by atoms with Crippen molar-refractivity contribution in [1.82, 2.24) is 14.4 Å². The van der Waals surface area contributed by atoms with Crippen LogP contribution in [0.1, 0.15) is 33.6 Å². The number of amides is 2. The van der Waals surface area contributed by atoms with Gasteiger partial charge < -0.3 is 28.6 Å². The molecule has 42 heavy (non-hydrogen) atoms. The fraction of sp³-hybridized carbons (Fsp3) is 0.273. The van der Waals surface area contributed by atoms with Gasteiger partial charge in [0.15, 0.2) is 11.5 Å². The lowest BCUT2D eigenvalue weighted by Crippen LogP contribution is -2.43. The summed E-state index contributed by atoms with van der Waals surface area (Å²) < 4.78 is 31.6. The topological polar surface area (TPSA) is 73.2 Å². The predicted molar refractivity (Wildman–Crippen MR) is 156 cm³/mol. The zero-order valence-corrected chi connectivity index (χ0v) is 23.6. The Morgan fingerprint density at radius 2 is 1.67 bits per heavy atom. The molecule has 2 heterocycles. The smallest absolute Gasteiger partial charge is 0.254 e. The van der Waals surface area contributed by atoms with Gasteiger partial charge in [0, 0.05) is 50.8 Å². The van der Waals surface area contributed by atoms with Crippen molar-refractivity contribution in [3.63, 3.8) is 0 Å². The van der Waals surface area contributed by atoms with Crippen LogP contribution >= 0.6 is 0 Å². The van der Waals surface area contributed by atoms with Crippen LogP contribution in [0.15, 0.2) is 91.1 Å². The molecule has 0 unspecified atom stereocenters. The molecule has 2 amide bonds. The van der Waals surface area contributed by atoms with E-state index in [1.165, 1.54) is 12.1 Å². The van der Waals surface area contributed by atoms with Crippen molar-refractivity contribution in [2.45, 2.75) is 26.1 Å². The van der Waals surface area contributed by atoms with E-state index in [9.17, 15) is 14.0 Å². The highest BCUT2D eigenvalue weighted by Crippen LogP contribution is 2.33. The Hall–Kier alpha value is -4.63. The van der Waals surface area contributed by atoms with E-state index < -0.39 is 0 Å². The summed E-state index contributed by atoms with van der Waals surface area (Å²) in [5.41, 5.74) is 3.29. The minimum atomic E-state index is -0.281. The molecule has 0 saturated heterocycles.